The monoisotopic (exact) mass is 540 g/mol. The average molecular weight is 541 g/mol. The van der Waals surface area contributed by atoms with Crippen LogP contribution in [0.1, 0.15) is 38.5 Å². The van der Waals surface area contributed by atoms with Crippen molar-refractivity contribution in [2.75, 3.05) is 26.1 Å². The molecule has 2 aromatic heterocycles. The lowest BCUT2D eigenvalue weighted by molar-refractivity contribution is 0.0604. The number of aromatic nitrogens is 5. The number of para-hydroxylation sites is 1. The normalized spacial score (nSPS) is 13.4. The van der Waals surface area contributed by atoms with Gasteiger partial charge in [0.2, 0.25) is 16.0 Å². The Bertz CT molecular complexity index is 1250. The van der Waals surface area contributed by atoms with Gasteiger partial charge in [0, 0.05) is 19.5 Å². The van der Waals surface area contributed by atoms with Crippen molar-refractivity contribution in [1.82, 2.24) is 24.7 Å². The number of ether oxygens (including phenoxy) is 4. The Balaban J connectivity index is 2.06. The summed E-state index contributed by atoms with van der Waals surface area (Å²) in [7, 11) is 0.257. The molecule has 2 unspecified atom stereocenters. The molecule has 3 rings (SSSR count). The molecule has 0 aliphatic rings. The zero-order valence-corrected chi connectivity index (χ0v) is 22.4. The van der Waals surface area contributed by atoms with E-state index in [0.717, 1.165) is 0 Å². The fourth-order valence-corrected chi connectivity index (χ4v) is 4.59. The Labute approximate surface area is 215 Å². The molecule has 0 aliphatic carbocycles. The summed E-state index contributed by atoms with van der Waals surface area (Å²) in [6.07, 6.45) is 1.65. The summed E-state index contributed by atoms with van der Waals surface area (Å²) in [6, 6.07) is 5.17. The third kappa shape index (κ3) is 6.03. The van der Waals surface area contributed by atoms with Crippen molar-refractivity contribution in [3.8, 4) is 17.2 Å². The van der Waals surface area contributed by atoms with Crippen molar-refractivity contribution >= 4 is 27.6 Å². The fraction of sp³-hybridized carbons (Fsp3) is 0.455. The molecule has 14 heteroatoms. The largest absolute Gasteiger partial charge is 0.494 e. The Morgan fingerprint density at radius 3 is 2.17 bits per heavy atom. The average Bonchev–Trinajstić information content (AvgIpc) is 3.24. The van der Waals surface area contributed by atoms with Crippen LogP contribution >= 0.6 is 11.6 Å². The van der Waals surface area contributed by atoms with Gasteiger partial charge in [-0.2, -0.15) is 0 Å². The molecule has 3 aromatic rings. The molecular formula is C22H29ClN6O6S. The van der Waals surface area contributed by atoms with Gasteiger partial charge in [-0.05, 0) is 32.9 Å². The molecular weight excluding hydrogens is 512 g/mol. The molecule has 0 fully saturated rings. The van der Waals surface area contributed by atoms with Crippen LogP contribution in [-0.2, 0) is 26.1 Å². The standard InChI is InChI=1S/C22H29ClN6O6S/c1-13(2)35-12-18-26-27-22(29(18)19-16(32-4)8-7-9-17(19)33-5)28-36(30,31)14(3)20(34-6)21-24-10-15(23)11-25-21/h7-11,13-14,20H,12H2,1-6H3,(H,27,28). The highest BCUT2D eigenvalue weighted by atomic mass is 35.5. The predicted octanol–water partition coefficient (Wildman–Crippen LogP) is 3.17. The minimum atomic E-state index is -4.10. The number of halogens is 1. The molecule has 12 nitrogen and oxygen atoms in total. The van der Waals surface area contributed by atoms with Crippen molar-refractivity contribution < 1.29 is 27.4 Å². The summed E-state index contributed by atoms with van der Waals surface area (Å²) in [5.74, 6) is 1.24. The maximum Gasteiger partial charge on any atom is 0.243 e. The van der Waals surface area contributed by atoms with E-state index >= 15 is 0 Å². The minimum absolute atomic E-state index is 0.0580. The Kier molecular flexibility index (Phi) is 9.06. The molecule has 196 valence electrons. The number of benzene rings is 1. The number of anilines is 1. The number of hydrogen-bond acceptors (Lipinski definition) is 10. The number of methoxy groups -OCH3 is 3. The van der Waals surface area contributed by atoms with Crippen LogP contribution in [-0.4, -0.2) is 65.8 Å². The van der Waals surface area contributed by atoms with Crippen LogP contribution in [0.15, 0.2) is 30.6 Å². The molecule has 0 aliphatic heterocycles. The highest BCUT2D eigenvalue weighted by molar-refractivity contribution is 7.93. The highest BCUT2D eigenvalue weighted by Gasteiger charge is 2.35. The van der Waals surface area contributed by atoms with Gasteiger partial charge >= 0.3 is 0 Å². The maximum atomic E-state index is 13.5. The molecule has 0 saturated carbocycles. The summed E-state index contributed by atoms with van der Waals surface area (Å²) < 4.78 is 53.1. The third-order valence-electron chi connectivity index (χ3n) is 5.20. The highest BCUT2D eigenvalue weighted by Crippen LogP contribution is 2.36. The lowest BCUT2D eigenvalue weighted by Gasteiger charge is -2.23. The van der Waals surface area contributed by atoms with Gasteiger partial charge in [0.05, 0.1) is 25.3 Å². The molecule has 0 saturated heterocycles. The summed E-state index contributed by atoms with van der Waals surface area (Å²) in [6.45, 7) is 5.28. The van der Waals surface area contributed by atoms with E-state index in [9.17, 15) is 8.42 Å². The molecule has 0 radical (unpaired) electrons. The minimum Gasteiger partial charge on any atom is -0.494 e. The lowest BCUT2D eigenvalue weighted by atomic mass is 10.2. The van der Waals surface area contributed by atoms with Gasteiger partial charge in [0.1, 0.15) is 35.1 Å². The van der Waals surface area contributed by atoms with Gasteiger partial charge in [0.15, 0.2) is 11.6 Å². The molecule has 1 N–H and O–H groups in total. The zero-order valence-electron chi connectivity index (χ0n) is 20.8. The van der Waals surface area contributed by atoms with Gasteiger partial charge < -0.3 is 18.9 Å². The smallest absolute Gasteiger partial charge is 0.243 e. The van der Waals surface area contributed by atoms with Crippen LogP contribution < -0.4 is 14.2 Å². The molecule has 2 atom stereocenters. The summed E-state index contributed by atoms with van der Waals surface area (Å²) in [5.41, 5.74) is 0.407. The van der Waals surface area contributed by atoms with Gasteiger partial charge in [-0.15, -0.1) is 10.2 Å². The second kappa shape index (κ2) is 11.8. The van der Waals surface area contributed by atoms with Crippen LogP contribution in [0.5, 0.6) is 11.5 Å². The van der Waals surface area contributed by atoms with Crippen LogP contribution in [0.4, 0.5) is 5.95 Å². The van der Waals surface area contributed by atoms with Gasteiger partial charge in [-0.1, -0.05) is 17.7 Å². The fourth-order valence-electron chi connectivity index (χ4n) is 3.36. The second-order valence-corrected chi connectivity index (χ2v) is 10.4. The Morgan fingerprint density at radius 1 is 1.03 bits per heavy atom. The van der Waals surface area contributed by atoms with Crippen LogP contribution in [0.25, 0.3) is 5.69 Å². The first-order valence-electron chi connectivity index (χ1n) is 10.9. The van der Waals surface area contributed by atoms with Gasteiger partial charge in [-0.25, -0.2) is 18.4 Å². The van der Waals surface area contributed by atoms with Crippen molar-refractivity contribution in [3.63, 3.8) is 0 Å². The number of hydrogen-bond donors (Lipinski definition) is 1. The Morgan fingerprint density at radius 2 is 1.64 bits per heavy atom. The van der Waals surface area contributed by atoms with Crippen LogP contribution in [0.2, 0.25) is 5.02 Å². The topological polar surface area (TPSA) is 140 Å². The number of nitrogens with zero attached hydrogens (tertiary/aromatic N) is 5. The van der Waals surface area contributed by atoms with E-state index in [1.54, 1.807) is 18.2 Å². The molecule has 36 heavy (non-hydrogen) atoms. The van der Waals surface area contributed by atoms with E-state index in [0.29, 0.717) is 28.0 Å². The van der Waals surface area contributed by atoms with Gasteiger partial charge in [-0.3, -0.25) is 9.29 Å². The SMILES string of the molecule is COc1cccc(OC)c1-n1c(COC(C)C)nnc1NS(=O)(=O)C(C)C(OC)c1ncc(Cl)cn1. The van der Waals surface area contributed by atoms with Crippen molar-refractivity contribution in [2.45, 2.75) is 44.8 Å². The Hall–Kier alpha value is -3.00. The molecule has 0 amide bonds. The first-order chi connectivity index (χ1) is 17.1. The van der Waals surface area contributed by atoms with Crippen LogP contribution in [0, 0.1) is 0 Å². The van der Waals surface area contributed by atoms with Gasteiger partial charge in [0.25, 0.3) is 0 Å². The molecule has 0 bridgehead atoms. The van der Waals surface area contributed by atoms with E-state index < -0.39 is 21.4 Å². The van der Waals surface area contributed by atoms with Crippen molar-refractivity contribution in [1.29, 1.82) is 0 Å². The lowest BCUT2D eigenvalue weighted by Crippen LogP contribution is -2.33. The van der Waals surface area contributed by atoms with E-state index in [4.69, 9.17) is 30.5 Å². The zero-order chi connectivity index (χ0) is 26.5. The van der Waals surface area contributed by atoms with Crippen LogP contribution in [0.3, 0.4) is 0 Å². The summed E-state index contributed by atoms with van der Waals surface area (Å²) >= 11 is 5.86. The first kappa shape index (κ1) is 27.6. The number of nitrogens with one attached hydrogen (secondary N) is 1. The third-order valence-corrected chi connectivity index (χ3v) is 7.09. The molecule has 0 spiro atoms. The summed E-state index contributed by atoms with van der Waals surface area (Å²) in [5, 5.41) is 7.47. The second-order valence-electron chi connectivity index (χ2n) is 7.91. The van der Waals surface area contributed by atoms with Crippen molar-refractivity contribution in [3.05, 3.63) is 47.3 Å². The summed E-state index contributed by atoms with van der Waals surface area (Å²) in [4.78, 5) is 8.21. The maximum absolute atomic E-state index is 13.5. The van der Waals surface area contributed by atoms with E-state index in [1.807, 2.05) is 13.8 Å². The number of sulfonamides is 1. The van der Waals surface area contributed by atoms with E-state index in [-0.39, 0.29) is 24.5 Å². The number of rotatable bonds is 12. The first-order valence-corrected chi connectivity index (χ1v) is 12.8. The molecule has 2 heterocycles. The van der Waals surface area contributed by atoms with E-state index in [1.165, 1.54) is 45.2 Å². The van der Waals surface area contributed by atoms with Crippen molar-refractivity contribution in [2.24, 2.45) is 0 Å². The quantitative estimate of drug-likeness (QED) is 0.364. The van der Waals surface area contributed by atoms with E-state index in [2.05, 4.69) is 24.9 Å². The predicted molar refractivity (Wildman–Crippen MR) is 133 cm³/mol. The molecule has 1 aromatic carbocycles.